The molecule has 178 valence electrons. The van der Waals surface area contributed by atoms with Crippen molar-refractivity contribution in [3.8, 4) is 0 Å². The Bertz CT molecular complexity index is 1240. The van der Waals surface area contributed by atoms with E-state index in [4.69, 9.17) is 19.9 Å². The van der Waals surface area contributed by atoms with Gasteiger partial charge >= 0.3 is 0 Å². The second-order valence-corrected chi connectivity index (χ2v) is 8.97. The zero-order valence-corrected chi connectivity index (χ0v) is 20.9. The molecule has 0 unspecified atom stereocenters. The van der Waals surface area contributed by atoms with Crippen LogP contribution in [0.2, 0.25) is 0 Å². The van der Waals surface area contributed by atoms with E-state index in [1.54, 1.807) is 0 Å². The average Bonchev–Trinajstić information content (AvgIpc) is 2.89. The predicted molar refractivity (Wildman–Crippen MR) is 146 cm³/mol. The summed E-state index contributed by atoms with van der Waals surface area (Å²) < 4.78 is 0. The third-order valence-corrected chi connectivity index (χ3v) is 5.85. The normalized spacial score (nSPS) is 10.8. The Kier molecular flexibility index (Phi) is 6.41. The highest BCUT2D eigenvalue weighted by Crippen LogP contribution is 2.38. The average molecular weight is 473 g/mol. The minimum Gasteiger partial charge on any atom is -0.279 e. The third-order valence-electron chi connectivity index (χ3n) is 5.85. The molecule has 6 nitrogen and oxygen atoms in total. The number of benzene rings is 1. The van der Waals surface area contributed by atoms with Crippen molar-refractivity contribution in [1.29, 1.82) is 0 Å². The van der Waals surface area contributed by atoms with Crippen molar-refractivity contribution in [3.63, 3.8) is 0 Å². The summed E-state index contributed by atoms with van der Waals surface area (Å²) in [5, 5.41) is 0. The minimum absolute atomic E-state index is 0.794. The van der Waals surface area contributed by atoms with Crippen molar-refractivity contribution in [2.75, 3.05) is 9.80 Å². The van der Waals surface area contributed by atoms with Crippen LogP contribution in [0, 0.1) is 27.7 Å². The molecule has 0 saturated heterocycles. The summed E-state index contributed by atoms with van der Waals surface area (Å²) in [7, 11) is 0. The van der Waals surface area contributed by atoms with Crippen molar-refractivity contribution < 1.29 is 0 Å². The van der Waals surface area contributed by atoms with Crippen molar-refractivity contribution in [2.45, 2.75) is 27.7 Å². The number of aromatic nitrogens is 4. The van der Waals surface area contributed by atoms with E-state index < -0.39 is 0 Å². The van der Waals surface area contributed by atoms with Crippen LogP contribution in [0.25, 0.3) is 0 Å². The van der Waals surface area contributed by atoms with E-state index in [0.29, 0.717) is 0 Å². The van der Waals surface area contributed by atoms with Crippen LogP contribution in [0.15, 0.2) is 97.6 Å². The highest BCUT2D eigenvalue weighted by Gasteiger charge is 2.19. The molecule has 6 heteroatoms. The molecular weight excluding hydrogens is 444 g/mol. The van der Waals surface area contributed by atoms with Gasteiger partial charge < -0.3 is 0 Å². The van der Waals surface area contributed by atoms with Gasteiger partial charge in [0.15, 0.2) is 0 Å². The maximum Gasteiger partial charge on any atom is 0.138 e. The van der Waals surface area contributed by atoms with E-state index in [1.807, 2.05) is 82.8 Å². The Morgan fingerprint density at radius 1 is 0.417 bits per heavy atom. The van der Waals surface area contributed by atoms with Gasteiger partial charge in [0.1, 0.15) is 23.3 Å². The van der Waals surface area contributed by atoms with Gasteiger partial charge in [-0.1, -0.05) is 30.3 Å². The predicted octanol–water partition coefficient (Wildman–Crippen LogP) is 7.44. The van der Waals surface area contributed by atoms with Gasteiger partial charge in [0.05, 0.1) is 11.4 Å². The van der Waals surface area contributed by atoms with Gasteiger partial charge in [0.2, 0.25) is 0 Å². The molecule has 0 aliphatic rings. The van der Waals surface area contributed by atoms with Gasteiger partial charge in [-0.15, -0.1) is 0 Å². The Morgan fingerprint density at radius 2 is 0.722 bits per heavy atom. The second kappa shape index (κ2) is 9.96. The molecule has 5 aromatic rings. The molecule has 0 aliphatic heterocycles. The first-order chi connectivity index (χ1) is 17.5. The summed E-state index contributed by atoms with van der Waals surface area (Å²) in [5.74, 6) is 3.18. The molecule has 0 radical (unpaired) electrons. The van der Waals surface area contributed by atoms with Crippen LogP contribution in [-0.4, -0.2) is 19.9 Å². The van der Waals surface area contributed by atoms with Crippen LogP contribution in [0.3, 0.4) is 0 Å². The molecule has 0 aliphatic carbocycles. The van der Waals surface area contributed by atoms with E-state index in [2.05, 4.69) is 52.3 Å². The monoisotopic (exact) mass is 472 g/mol. The van der Waals surface area contributed by atoms with Crippen LogP contribution < -0.4 is 9.80 Å². The van der Waals surface area contributed by atoms with Crippen LogP contribution in [0.1, 0.15) is 22.3 Å². The lowest BCUT2D eigenvalue weighted by atomic mass is 10.2. The molecule has 4 heterocycles. The summed E-state index contributed by atoms with van der Waals surface area (Å²) in [6.07, 6.45) is 7.50. The number of aryl methyl sites for hydroxylation is 4. The number of hydrogen-bond acceptors (Lipinski definition) is 6. The van der Waals surface area contributed by atoms with Gasteiger partial charge in [0.25, 0.3) is 0 Å². The number of hydrogen-bond donors (Lipinski definition) is 0. The maximum atomic E-state index is 4.71. The van der Waals surface area contributed by atoms with Gasteiger partial charge in [-0.3, -0.25) is 9.80 Å². The van der Waals surface area contributed by atoms with Crippen LogP contribution in [0.4, 0.5) is 34.6 Å². The molecule has 1 aromatic carbocycles. The van der Waals surface area contributed by atoms with Gasteiger partial charge in [0, 0.05) is 24.8 Å². The fourth-order valence-electron chi connectivity index (χ4n) is 3.90. The zero-order valence-electron chi connectivity index (χ0n) is 20.9. The fourth-order valence-corrected chi connectivity index (χ4v) is 3.90. The van der Waals surface area contributed by atoms with E-state index in [-0.39, 0.29) is 0 Å². The first-order valence-corrected chi connectivity index (χ1v) is 11.9. The standard InChI is InChI=1S/C30H28N6/c1-21-8-12-27(31-17-21)35(28-13-9-22(2)18-32-28)25-6-5-7-26(16-25)36(29-14-10-23(3)19-33-29)30-15-11-24(4)20-34-30/h5-20H,1-4H3. The smallest absolute Gasteiger partial charge is 0.138 e. The molecule has 0 N–H and O–H groups in total. The van der Waals surface area contributed by atoms with Crippen LogP contribution in [0.5, 0.6) is 0 Å². The van der Waals surface area contributed by atoms with Crippen LogP contribution >= 0.6 is 0 Å². The zero-order chi connectivity index (χ0) is 25.1. The number of rotatable bonds is 6. The lowest BCUT2D eigenvalue weighted by molar-refractivity contribution is 1.09. The Morgan fingerprint density at radius 3 is 0.972 bits per heavy atom. The highest BCUT2D eigenvalue weighted by atomic mass is 15.3. The molecule has 36 heavy (non-hydrogen) atoms. The van der Waals surface area contributed by atoms with E-state index in [0.717, 1.165) is 56.9 Å². The summed E-state index contributed by atoms with van der Waals surface area (Å²) in [4.78, 5) is 23.0. The van der Waals surface area contributed by atoms with Gasteiger partial charge in [-0.2, -0.15) is 0 Å². The minimum atomic E-state index is 0.794. The molecule has 5 rings (SSSR count). The molecule has 0 amide bonds. The summed E-state index contributed by atoms with van der Waals surface area (Å²) in [6, 6.07) is 24.6. The molecule has 0 atom stereocenters. The lowest BCUT2D eigenvalue weighted by Crippen LogP contribution is -2.16. The molecule has 0 spiro atoms. The summed E-state index contributed by atoms with van der Waals surface area (Å²) >= 11 is 0. The van der Waals surface area contributed by atoms with E-state index in [1.165, 1.54) is 0 Å². The lowest BCUT2D eigenvalue weighted by Gasteiger charge is -2.27. The maximum absolute atomic E-state index is 4.71. The van der Waals surface area contributed by atoms with Crippen molar-refractivity contribution in [1.82, 2.24) is 19.9 Å². The van der Waals surface area contributed by atoms with E-state index >= 15 is 0 Å². The number of pyridine rings is 4. The van der Waals surface area contributed by atoms with Crippen molar-refractivity contribution >= 4 is 34.6 Å². The largest absolute Gasteiger partial charge is 0.279 e. The SMILES string of the molecule is Cc1ccc(N(c2cccc(N(c3ccc(C)cn3)c3ccc(C)cn3)c2)c2ccc(C)cn2)nc1. The summed E-state index contributed by atoms with van der Waals surface area (Å²) in [6.45, 7) is 8.14. The fraction of sp³-hybridized carbons (Fsp3) is 0.133. The molecule has 4 aromatic heterocycles. The second-order valence-electron chi connectivity index (χ2n) is 8.97. The molecule has 0 saturated carbocycles. The number of nitrogens with zero attached hydrogens (tertiary/aromatic N) is 6. The first-order valence-electron chi connectivity index (χ1n) is 11.9. The Hall–Kier alpha value is -4.58. The van der Waals surface area contributed by atoms with Gasteiger partial charge in [-0.05, 0) is 92.4 Å². The van der Waals surface area contributed by atoms with Crippen molar-refractivity contribution in [3.05, 3.63) is 120 Å². The topological polar surface area (TPSA) is 58.0 Å². The Balaban J connectivity index is 1.65. The van der Waals surface area contributed by atoms with Gasteiger partial charge in [-0.25, -0.2) is 19.9 Å². The van der Waals surface area contributed by atoms with E-state index in [9.17, 15) is 0 Å². The highest BCUT2D eigenvalue weighted by molar-refractivity contribution is 5.79. The molecule has 0 fully saturated rings. The number of anilines is 6. The summed E-state index contributed by atoms with van der Waals surface area (Å²) in [5.41, 5.74) is 6.28. The quantitative estimate of drug-likeness (QED) is 0.256. The van der Waals surface area contributed by atoms with Crippen molar-refractivity contribution in [2.24, 2.45) is 0 Å². The third kappa shape index (κ3) is 4.93. The molecule has 0 bridgehead atoms. The Labute approximate surface area is 212 Å². The van der Waals surface area contributed by atoms with Crippen LogP contribution in [-0.2, 0) is 0 Å². The molecular formula is C30H28N6. The first kappa shape index (κ1) is 23.2.